The first-order chi connectivity index (χ1) is 8.12. The topological polar surface area (TPSA) is 52.7 Å². The zero-order chi connectivity index (χ0) is 13.7. The molecule has 0 aliphatic carbocycles. The van der Waals surface area contributed by atoms with Crippen LogP contribution in [0.25, 0.3) is 11.0 Å². The standard InChI is InChI=1S/C11H20N4OSi2/c1-17(2,3)14-8-12-10-9(11(14)16)7-13-15(10)18(4,5)6/h7-8H,1-6H3. The molecule has 0 unspecified atom stereocenters. The number of hydrogen-bond donors (Lipinski definition) is 0. The fourth-order valence-electron chi connectivity index (χ4n) is 1.88. The molecule has 0 spiro atoms. The summed E-state index contributed by atoms with van der Waals surface area (Å²) in [5.74, 6) is 0. The van der Waals surface area contributed by atoms with Crippen molar-refractivity contribution in [1.29, 1.82) is 0 Å². The normalized spacial score (nSPS) is 13.2. The lowest BCUT2D eigenvalue weighted by Gasteiger charge is -2.20. The molecule has 0 aromatic carbocycles. The Hall–Kier alpha value is -1.22. The van der Waals surface area contributed by atoms with E-state index in [1.54, 1.807) is 16.8 Å². The molecule has 98 valence electrons. The van der Waals surface area contributed by atoms with Crippen LogP contribution in [0.3, 0.4) is 0 Å². The second kappa shape index (κ2) is 3.89. The number of fused-ring (bicyclic) bond motifs is 1. The molecular formula is C11H20N4OSi2. The Labute approximate surface area is 109 Å². The van der Waals surface area contributed by atoms with Crippen LogP contribution < -0.4 is 5.56 Å². The van der Waals surface area contributed by atoms with Gasteiger partial charge >= 0.3 is 0 Å². The van der Waals surface area contributed by atoms with Crippen LogP contribution in [-0.2, 0) is 0 Å². The second-order valence-corrected chi connectivity index (χ2v) is 16.1. The quantitative estimate of drug-likeness (QED) is 0.790. The molecule has 0 radical (unpaired) electrons. The third-order valence-electron chi connectivity index (χ3n) is 2.85. The van der Waals surface area contributed by atoms with Crippen molar-refractivity contribution in [2.24, 2.45) is 0 Å². The summed E-state index contributed by atoms with van der Waals surface area (Å²) in [7, 11) is -3.34. The van der Waals surface area contributed by atoms with Gasteiger partial charge in [0.1, 0.15) is 5.39 Å². The molecule has 2 aromatic rings. The molecule has 0 saturated heterocycles. The summed E-state index contributed by atoms with van der Waals surface area (Å²) >= 11 is 0. The SMILES string of the molecule is C[Si](C)(C)n1cnc2c(cnn2[Si](C)(C)C)c1=O. The van der Waals surface area contributed by atoms with E-state index < -0.39 is 16.5 Å². The highest BCUT2D eigenvalue weighted by Crippen LogP contribution is 2.13. The minimum absolute atomic E-state index is 0.0451. The molecule has 2 aromatic heterocycles. The van der Waals surface area contributed by atoms with Crippen molar-refractivity contribution >= 4 is 27.5 Å². The van der Waals surface area contributed by atoms with Crippen molar-refractivity contribution < 1.29 is 0 Å². The van der Waals surface area contributed by atoms with Gasteiger partial charge in [0.15, 0.2) is 22.1 Å². The van der Waals surface area contributed by atoms with Gasteiger partial charge < -0.3 is 4.23 Å². The highest BCUT2D eigenvalue weighted by Gasteiger charge is 2.24. The largest absolute Gasteiger partial charge is 0.328 e. The summed E-state index contributed by atoms with van der Waals surface area (Å²) in [6.07, 6.45) is 3.36. The zero-order valence-corrected chi connectivity index (χ0v) is 13.9. The first-order valence-electron chi connectivity index (χ1n) is 6.09. The molecule has 0 aliphatic rings. The van der Waals surface area contributed by atoms with E-state index in [4.69, 9.17) is 0 Å². The molecule has 2 heterocycles. The van der Waals surface area contributed by atoms with Crippen LogP contribution in [0.4, 0.5) is 0 Å². The van der Waals surface area contributed by atoms with Crippen LogP contribution >= 0.6 is 0 Å². The average Bonchev–Trinajstić information content (AvgIpc) is 2.59. The third-order valence-corrected chi connectivity index (χ3v) is 6.21. The lowest BCUT2D eigenvalue weighted by molar-refractivity contribution is 0.936. The molecule has 5 nitrogen and oxygen atoms in total. The maximum Gasteiger partial charge on any atom is 0.256 e. The number of hydrogen-bond acceptors (Lipinski definition) is 3. The van der Waals surface area contributed by atoms with Gasteiger partial charge in [-0.1, -0.05) is 19.6 Å². The summed E-state index contributed by atoms with van der Waals surface area (Å²) in [4.78, 5) is 16.9. The van der Waals surface area contributed by atoms with Crippen molar-refractivity contribution in [3.63, 3.8) is 0 Å². The van der Waals surface area contributed by atoms with Crippen molar-refractivity contribution in [1.82, 2.24) is 18.7 Å². The van der Waals surface area contributed by atoms with Crippen LogP contribution in [0.2, 0.25) is 39.3 Å². The van der Waals surface area contributed by atoms with Gasteiger partial charge in [-0.15, -0.1) is 0 Å². The van der Waals surface area contributed by atoms with E-state index in [1.807, 2.05) is 4.35 Å². The Morgan fingerprint density at radius 1 is 1.06 bits per heavy atom. The molecule has 0 atom stereocenters. The maximum absolute atomic E-state index is 12.4. The van der Waals surface area contributed by atoms with E-state index in [2.05, 4.69) is 49.4 Å². The van der Waals surface area contributed by atoms with E-state index in [1.165, 1.54) is 0 Å². The van der Waals surface area contributed by atoms with Crippen LogP contribution in [0.5, 0.6) is 0 Å². The fraction of sp³-hybridized carbons (Fsp3) is 0.545. The van der Waals surface area contributed by atoms with Gasteiger partial charge in [-0.25, -0.2) is 4.98 Å². The van der Waals surface area contributed by atoms with Crippen molar-refractivity contribution in [3.8, 4) is 0 Å². The molecule has 2 rings (SSSR count). The molecule has 18 heavy (non-hydrogen) atoms. The van der Waals surface area contributed by atoms with Gasteiger partial charge in [0.05, 0.1) is 12.5 Å². The lowest BCUT2D eigenvalue weighted by Crippen LogP contribution is -2.41. The van der Waals surface area contributed by atoms with E-state index >= 15 is 0 Å². The van der Waals surface area contributed by atoms with Crippen molar-refractivity contribution in [2.75, 3.05) is 0 Å². The van der Waals surface area contributed by atoms with Crippen LogP contribution in [-0.4, -0.2) is 35.1 Å². The van der Waals surface area contributed by atoms with Gasteiger partial charge in [0.2, 0.25) is 0 Å². The molecule has 0 N–H and O–H groups in total. The van der Waals surface area contributed by atoms with Crippen molar-refractivity contribution in [3.05, 3.63) is 22.9 Å². The minimum atomic E-state index is -1.72. The highest BCUT2D eigenvalue weighted by atomic mass is 28.3. The zero-order valence-electron chi connectivity index (χ0n) is 11.9. The lowest BCUT2D eigenvalue weighted by atomic mass is 10.4. The predicted molar refractivity (Wildman–Crippen MR) is 79.3 cm³/mol. The first kappa shape index (κ1) is 13.2. The summed E-state index contributed by atoms with van der Waals surface area (Å²) in [6, 6.07) is 0. The number of aromatic nitrogens is 4. The molecule has 0 saturated carbocycles. The Morgan fingerprint density at radius 2 is 1.67 bits per heavy atom. The third kappa shape index (κ3) is 2.08. The Balaban J connectivity index is 2.77. The molecule has 0 aliphatic heterocycles. The first-order valence-corrected chi connectivity index (χ1v) is 13.0. The second-order valence-electron chi connectivity index (χ2n) is 6.56. The summed E-state index contributed by atoms with van der Waals surface area (Å²) in [5.41, 5.74) is 0.775. The molecule has 7 heteroatoms. The van der Waals surface area contributed by atoms with E-state index in [-0.39, 0.29) is 5.56 Å². The average molecular weight is 280 g/mol. The summed E-state index contributed by atoms with van der Waals surface area (Å²) in [5, 5.41) is 5.01. The Kier molecular flexibility index (Phi) is 2.86. The molecule has 0 amide bonds. The maximum atomic E-state index is 12.4. The van der Waals surface area contributed by atoms with Gasteiger partial charge in [-0.05, 0) is 19.6 Å². The number of nitrogens with zero attached hydrogens (tertiary/aromatic N) is 4. The van der Waals surface area contributed by atoms with Gasteiger partial charge in [0, 0.05) is 0 Å². The van der Waals surface area contributed by atoms with E-state index in [0.717, 1.165) is 5.65 Å². The van der Waals surface area contributed by atoms with Gasteiger partial charge in [-0.2, -0.15) is 5.10 Å². The Morgan fingerprint density at radius 3 is 2.17 bits per heavy atom. The van der Waals surface area contributed by atoms with Crippen molar-refractivity contribution in [2.45, 2.75) is 39.3 Å². The molecule has 0 bridgehead atoms. The van der Waals surface area contributed by atoms with E-state index in [9.17, 15) is 4.79 Å². The summed E-state index contributed by atoms with van der Waals surface area (Å²) < 4.78 is 3.74. The number of rotatable bonds is 2. The van der Waals surface area contributed by atoms with Crippen LogP contribution in [0.1, 0.15) is 0 Å². The molecule has 0 fully saturated rings. The van der Waals surface area contributed by atoms with Crippen LogP contribution in [0, 0.1) is 0 Å². The fourth-order valence-corrected chi connectivity index (χ4v) is 4.23. The van der Waals surface area contributed by atoms with Gasteiger partial charge in [-0.3, -0.25) is 9.14 Å². The predicted octanol–water partition coefficient (Wildman–Crippen LogP) is 1.96. The van der Waals surface area contributed by atoms with Gasteiger partial charge in [0.25, 0.3) is 5.56 Å². The minimum Gasteiger partial charge on any atom is -0.328 e. The Bertz CT molecular complexity index is 646. The summed E-state index contributed by atoms with van der Waals surface area (Å²) in [6.45, 7) is 12.9. The highest BCUT2D eigenvalue weighted by molar-refractivity contribution is 6.75. The monoisotopic (exact) mass is 280 g/mol. The molecular weight excluding hydrogens is 260 g/mol. The van der Waals surface area contributed by atoms with Crippen LogP contribution in [0.15, 0.2) is 17.3 Å². The smallest absolute Gasteiger partial charge is 0.256 e. The van der Waals surface area contributed by atoms with E-state index in [0.29, 0.717) is 5.39 Å².